The predicted octanol–water partition coefficient (Wildman–Crippen LogP) is 5.89. The molecule has 0 aliphatic carbocycles. The van der Waals surface area contributed by atoms with E-state index in [1.165, 1.54) is 44.9 Å². The third-order valence-corrected chi connectivity index (χ3v) is 7.11. The van der Waals surface area contributed by atoms with Crippen LogP contribution in [0.2, 0.25) is 0 Å². The van der Waals surface area contributed by atoms with E-state index in [9.17, 15) is 10.0 Å². The molecule has 2 heterocycles. The van der Waals surface area contributed by atoms with Crippen LogP contribution in [0.5, 0.6) is 5.75 Å². The number of amidine groups is 1. The summed E-state index contributed by atoms with van der Waals surface area (Å²) in [5.41, 5.74) is -0.714. The Morgan fingerprint density at radius 3 is 2.24 bits per heavy atom. The molecule has 1 fully saturated rings. The number of benzene rings is 1. The third kappa shape index (κ3) is 5.78. The summed E-state index contributed by atoms with van der Waals surface area (Å²) in [5.74, 6) is 1.42. The van der Waals surface area contributed by atoms with E-state index in [-0.39, 0.29) is 11.7 Å². The summed E-state index contributed by atoms with van der Waals surface area (Å²) in [7, 11) is 0. The second-order valence-electron chi connectivity index (χ2n) is 10.5. The largest absolute Gasteiger partial charge is 0.494 e. The fourth-order valence-corrected chi connectivity index (χ4v) is 5.08. The number of hydrogen-bond acceptors (Lipinski definition) is 5. The van der Waals surface area contributed by atoms with E-state index in [2.05, 4.69) is 11.9 Å². The van der Waals surface area contributed by atoms with Crippen molar-refractivity contribution in [1.82, 2.24) is 9.96 Å². The monoisotopic (exact) mass is 456 g/mol. The first-order chi connectivity index (χ1) is 15.7. The van der Waals surface area contributed by atoms with Crippen molar-refractivity contribution in [2.24, 2.45) is 10.9 Å². The van der Waals surface area contributed by atoms with Crippen LogP contribution in [0.25, 0.3) is 0 Å². The average molecular weight is 457 g/mol. The van der Waals surface area contributed by atoms with Gasteiger partial charge in [-0.1, -0.05) is 51.9 Å². The molecule has 3 rings (SSSR count). The summed E-state index contributed by atoms with van der Waals surface area (Å²) in [6, 6.07) is 7.47. The highest BCUT2D eigenvalue weighted by atomic mass is 16.5. The Labute approximate surface area is 200 Å². The number of ketones is 1. The molecule has 1 saturated heterocycles. The van der Waals surface area contributed by atoms with E-state index in [1.54, 1.807) is 0 Å². The van der Waals surface area contributed by atoms with Crippen molar-refractivity contribution < 1.29 is 14.7 Å². The normalized spacial score (nSPS) is 21.6. The molecule has 33 heavy (non-hydrogen) atoms. The van der Waals surface area contributed by atoms with Gasteiger partial charge < -0.3 is 9.64 Å². The lowest BCUT2D eigenvalue weighted by Gasteiger charge is -2.38. The molecule has 183 valence electrons. The Kier molecular flexibility index (Phi) is 8.57. The first-order valence-electron chi connectivity index (χ1n) is 12.8. The molecular weight excluding hydrogens is 414 g/mol. The molecule has 2 aliphatic heterocycles. The second-order valence-corrected chi connectivity index (χ2v) is 10.5. The van der Waals surface area contributed by atoms with Gasteiger partial charge in [0.25, 0.3) is 0 Å². The Bertz CT molecular complexity index is 816. The lowest BCUT2D eigenvalue weighted by atomic mass is 9.94. The first kappa shape index (κ1) is 25.7. The summed E-state index contributed by atoms with van der Waals surface area (Å²) in [6.07, 6.45) is 10.2. The Balaban J connectivity index is 1.46. The van der Waals surface area contributed by atoms with Gasteiger partial charge in [-0.25, -0.2) is 0 Å². The predicted molar refractivity (Wildman–Crippen MR) is 132 cm³/mol. The van der Waals surface area contributed by atoms with Gasteiger partial charge in [-0.05, 0) is 58.4 Å². The Hall–Kier alpha value is -1.92. The fourth-order valence-electron chi connectivity index (χ4n) is 5.08. The molecule has 1 aromatic carbocycles. The van der Waals surface area contributed by atoms with Crippen LogP contribution in [-0.2, 0) is 5.21 Å². The van der Waals surface area contributed by atoms with Gasteiger partial charge in [0.1, 0.15) is 22.8 Å². The second kappa shape index (κ2) is 11.0. The summed E-state index contributed by atoms with van der Waals surface area (Å²) in [4.78, 5) is 19.8. The van der Waals surface area contributed by atoms with Gasteiger partial charge in [0.15, 0.2) is 5.78 Å². The van der Waals surface area contributed by atoms with Crippen molar-refractivity contribution in [3.8, 4) is 5.75 Å². The van der Waals surface area contributed by atoms with Crippen molar-refractivity contribution in [2.45, 2.75) is 97.2 Å². The van der Waals surface area contributed by atoms with Crippen LogP contribution in [0.15, 0.2) is 29.3 Å². The van der Waals surface area contributed by atoms with Crippen molar-refractivity contribution in [3.63, 3.8) is 0 Å². The lowest BCUT2D eigenvalue weighted by molar-refractivity contribution is -0.258. The minimum Gasteiger partial charge on any atom is -0.494 e. The number of hydroxylamine groups is 2. The molecule has 0 amide bonds. The van der Waals surface area contributed by atoms with E-state index in [4.69, 9.17) is 4.74 Å². The number of nitrogens with zero attached hydrogens (tertiary/aromatic N) is 3. The van der Waals surface area contributed by atoms with Crippen LogP contribution in [0.3, 0.4) is 0 Å². The van der Waals surface area contributed by atoms with Crippen LogP contribution >= 0.6 is 0 Å². The number of hydrogen-bond donors (Lipinski definition) is 0. The minimum atomic E-state index is -0.714. The van der Waals surface area contributed by atoms with Crippen LogP contribution in [0.4, 0.5) is 0 Å². The lowest BCUT2D eigenvalue weighted by Crippen LogP contribution is -2.52. The topological polar surface area (TPSA) is 65.0 Å². The Morgan fingerprint density at radius 2 is 1.61 bits per heavy atom. The summed E-state index contributed by atoms with van der Waals surface area (Å²) >= 11 is 0. The van der Waals surface area contributed by atoms with Crippen molar-refractivity contribution in [2.75, 3.05) is 19.7 Å². The van der Waals surface area contributed by atoms with Crippen molar-refractivity contribution >= 4 is 11.6 Å². The maximum Gasteiger partial charge on any atom is 0.169 e. The van der Waals surface area contributed by atoms with E-state index < -0.39 is 11.2 Å². The average Bonchev–Trinajstić information content (AvgIpc) is 2.94. The number of carbonyl (C=O) groups excluding carboxylic acids is 1. The number of unbranched alkanes of at least 4 members (excludes halogenated alkanes) is 7. The molecule has 6 nitrogen and oxygen atoms in total. The number of aliphatic imine (C=N–C) groups is 1. The van der Waals surface area contributed by atoms with Gasteiger partial charge in [-0.3, -0.25) is 9.79 Å². The number of rotatable bonds is 12. The van der Waals surface area contributed by atoms with Crippen LogP contribution in [-0.4, -0.2) is 52.5 Å². The maximum absolute atomic E-state index is 13.2. The molecular formula is C27H42N3O3. The van der Waals surface area contributed by atoms with Gasteiger partial charge in [0.05, 0.1) is 19.1 Å². The third-order valence-electron chi connectivity index (χ3n) is 7.11. The first-order valence-corrected chi connectivity index (χ1v) is 12.8. The molecule has 0 saturated carbocycles. The number of carbonyl (C=O) groups is 1. The molecule has 6 heteroatoms. The van der Waals surface area contributed by atoms with Crippen molar-refractivity contribution in [1.29, 1.82) is 0 Å². The van der Waals surface area contributed by atoms with Gasteiger partial charge in [0.2, 0.25) is 0 Å². The molecule has 0 N–H and O–H groups in total. The molecule has 0 spiro atoms. The molecule has 0 aromatic heterocycles. The molecule has 1 radical (unpaired) electrons. The zero-order chi connectivity index (χ0) is 24.1. The highest BCUT2D eigenvalue weighted by molar-refractivity contribution is 6.00. The van der Waals surface area contributed by atoms with E-state index in [0.29, 0.717) is 25.3 Å². The van der Waals surface area contributed by atoms with Gasteiger partial charge in [0, 0.05) is 12.1 Å². The van der Waals surface area contributed by atoms with Gasteiger partial charge >= 0.3 is 0 Å². The Morgan fingerprint density at radius 1 is 1.00 bits per heavy atom. The van der Waals surface area contributed by atoms with E-state index in [1.807, 2.05) is 56.9 Å². The smallest absolute Gasteiger partial charge is 0.169 e. The summed E-state index contributed by atoms with van der Waals surface area (Å²) < 4.78 is 5.87. The van der Waals surface area contributed by atoms with Crippen molar-refractivity contribution in [3.05, 3.63) is 29.8 Å². The van der Waals surface area contributed by atoms with Crippen LogP contribution in [0, 0.1) is 5.92 Å². The molecule has 0 bridgehead atoms. The van der Waals surface area contributed by atoms with E-state index >= 15 is 0 Å². The molecule has 1 unspecified atom stereocenters. The van der Waals surface area contributed by atoms with E-state index in [0.717, 1.165) is 23.1 Å². The number of fused-ring (bicyclic) bond motifs is 1. The maximum atomic E-state index is 13.2. The molecule has 1 atom stereocenters. The highest BCUT2D eigenvalue weighted by Gasteiger charge is 2.57. The van der Waals surface area contributed by atoms with Gasteiger partial charge in [-0.15, -0.1) is 10.3 Å². The SMILES string of the molecule is CCCCCCCCCCOc1ccc(C(=O)C2CN=C3N(C2)C(C)(C)N([O])C3(C)C)cc1. The fraction of sp³-hybridized carbons (Fsp3) is 0.704. The van der Waals surface area contributed by atoms with Gasteiger partial charge in [-0.2, -0.15) is 0 Å². The van der Waals surface area contributed by atoms with Crippen LogP contribution < -0.4 is 4.74 Å². The van der Waals surface area contributed by atoms with Crippen LogP contribution in [0.1, 0.15) is 96.3 Å². The highest BCUT2D eigenvalue weighted by Crippen LogP contribution is 2.40. The standard InChI is InChI=1S/C27H42N3O3/c1-6-7-8-9-10-11-12-13-18-33-23-16-14-21(15-17-23)24(31)22-19-28-25-26(2,3)30(32)27(4,5)29(25)20-22/h14-17,22H,6-13,18-20H2,1-5H3. The number of Topliss-reactive ketones (excluding diaryl/α,β-unsaturated/α-hetero) is 1. The molecule has 2 aliphatic rings. The minimum absolute atomic E-state index is 0.0744. The molecule has 1 aromatic rings. The zero-order valence-electron chi connectivity index (χ0n) is 21.2. The quantitative estimate of drug-likeness (QED) is 0.290. The summed E-state index contributed by atoms with van der Waals surface area (Å²) in [5, 5.41) is 13.9. The zero-order valence-corrected chi connectivity index (χ0v) is 21.2. The number of ether oxygens (including phenoxy) is 1. The summed E-state index contributed by atoms with van der Waals surface area (Å²) in [6.45, 7) is 11.5.